The van der Waals surface area contributed by atoms with Crippen LogP contribution in [-0.4, -0.2) is 22.4 Å². The molecule has 0 radical (unpaired) electrons. The minimum absolute atomic E-state index is 0.258. The predicted molar refractivity (Wildman–Crippen MR) is 56.5 cm³/mol. The monoisotopic (exact) mass is 255 g/mol. The Morgan fingerprint density at radius 2 is 2.14 bits per heavy atom. The van der Waals surface area contributed by atoms with Crippen molar-refractivity contribution in [1.82, 2.24) is 5.32 Å². The van der Waals surface area contributed by atoms with E-state index in [1.807, 2.05) is 0 Å². The fourth-order valence-electron chi connectivity index (χ4n) is 0.835. The third-order valence-corrected chi connectivity index (χ3v) is 1.75. The second kappa shape index (κ2) is 4.91. The molecule has 0 amide bonds. The van der Waals surface area contributed by atoms with Gasteiger partial charge in [0.25, 0.3) is 0 Å². The zero-order chi connectivity index (χ0) is 10.6. The highest BCUT2D eigenvalue weighted by Gasteiger charge is 2.24. The van der Waals surface area contributed by atoms with Crippen molar-refractivity contribution in [3.63, 3.8) is 0 Å². The molecular weight excluding hydrogens is 248 g/mol. The highest BCUT2D eigenvalue weighted by Crippen LogP contribution is 2.26. The van der Waals surface area contributed by atoms with Crippen LogP contribution in [0, 0.1) is 0 Å². The number of halogens is 3. The molecule has 1 aliphatic heterocycles. The number of alkyl halides is 3. The largest absolute Gasteiger partial charge is 0.459 e. The first-order valence-electron chi connectivity index (χ1n) is 3.82. The first-order valence-corrected chi connectivity index (χ1v) is 4.95. The lowest BCUT2D eigenvalue weighted by Crippen LogP contribution is -2.35. The van der Waals surface area contributed by atoms with Crippen LogP contribution in [0.25, 0.3) is 0 Å². The topological polar surface area (TPSA) is 38.3 Å². The van der Waals surface area contributed by atoms with Crippen LogP contribution >= 0.6 is 34.8 Å². The summed E-state index contributed by atoms with van der Waals surface area (Å²) in [6.07, 6.45) is 6.79. The van der Waals surface area contributed by atoms with Gasteiger partial charge in [-0.05, 0) is 12.3 Å². The third-order valence-electron chi connectivity index (χ3n) is 1.42. The van der Waals surface area contributed by atoms with Crippen molar-refractivity contribution in [2.24, 2.45) is 0 Å². The number of dihydropyridines is 1. The molecule has 1 rings (SSSR count). The number of hydrogen-bond donors (Lipinski definition) is 1. The average molecular weight is 257 g/mol. The van der Waals surface area contributed by atoms with Crippen molar-refractivity contribution in [2.75, 3.05) is 6.61 Å². The summed E-state index contributed by atoms with van der Waals surface area (Å²) in [5.41, 5.74) is 0. The fourth-order valence-corrected chi connectivity index (χ4v) is 0.999. The number of ether oxygens (including phenoxy) is 1. The average Bonchev–Trinajstić information content (AvgIpc) is 2.14. The molecule has 78 valence electrons. The molecular formula is C8H8Cl3NO2. The van der Waals surface area contributed by atoms with E-state index in [1.165, 1.54) is 0 Å². The van der Waals surface area contributed by atoms with Crippen molar-refractivity contribution in [3.8, 4) is 0 Å². The zero-order valence-corrected chi connectivity index (χ0v) is 9.31. The SMILES string of the molecule is O=C(OCC(Cl)(Cl)Cl)C1C=CC=CN1. The molecule has 1 heterocycles. The maximum Gasteiger partial charge on any atom is 0.332 e. The number of hydrogen-bond acceptors (Lipinski definition) is 3. The van der Waals surface area contributed by atoms with Gasteiger partial charge in [-0.25, -0.2) is 4.79 Å². The van der Waals surface area contributed by atoms with Gasteiger partial charge in [-0.15, -0.1) is 0 Å². The number of nitrogens with one attached hydrogen (secondary N) is 1. The second-order valence-electron chi connectivity index (χ2n) is 2.61. The lowest BCUT2D eigenvalue weighted by atomic mass is 10.2. The summed E-state index contributed by atoms with van der Waals surface area (Å²) in [5, 5.41) is 2.78. The first-order chi connectivity index (χ1) is 6.49. The molecule has 0 aromatic carbocycles. The van der Waals surface area contributed by atoms with Crippen molar-refractivity contribution >= 4 is 40.8 Å². The zero-order valence-electron chi connectivity index (χ0n) is 7.04. The highest BCUT2D eigenvalue weighted by atomic mass is 35.6. The van der Waals surface area contributed by atoms with Gasteiger partial charge in [0.1, 0.15) is 12.6 Å². The van der Waals surface area contributed by atoms with E-state index in [9.17, 15) is 4.79 Å². The minimum atomic E-state index is -1.57. The summed E-state index contributed by atoms with van der Waals surface area (Å²) in [4.78, 5) is 11.3. The summed E-state index contributed by atoms with van der Waals surface area (Å²) in [7, 11) is 0. The Morgan fingerprint density at radius 3 is 2.64 bits per heavy atom. The van der Waals surface area contributed by atoms with Crippen LogP contribution in [0.15, 0.2) is 24.4 Å². The summed E-state index contributed by atoms with van der Waals surface area (Å²) in [5.74, 6) is -0.475. The molecule has 1 N–H and O–H groups in total. The van der Waals surface area contributed by atoms with Crippen molar-refractivity contribution < 1.29 is 9.53 Å². The summed E-state index contributed by atoms with van der Waals surface area (Å²) in [6, 6.07) is -0.507. The Balaban J connectivity index is 2.36. The number of carbonyl (C=O) groups is 1. The van der Waals surface area contributed by atoms with E-state index in [2.05, 4.69) is 5.32 Å². The maximum atomic E-state index is 11.3. The van der Waals surface area contributed by atoms with Gasteiger partial charge in [-0.1, -0.05) is 47.0 Å². The van der Waals surface area contributed by atoms with Gasteiger partial charge in [0.05, 0.1) is 0 Å². The van der Waals surface area contributed by atoms with E-state index >= 15 is 0 Å². The van der Waals surface area contributed by atoms with Crippen LogP contribution < -0.4 is 5.32 Å². The van der Waals surface area contributed by atoms with E-state index in [-0.39, 0.29) is 6.61 Å². The van der Waals surface area contributed by atoms with Gasteiger partial charge < -0.3 is 10.1 Å². The normalized spacial score (nSPS) is 20.4. The van der Waals surface area contributed by atoms with Crippen molar-refractivity contribution in [3.05, 3.63) is 24.4 Å². The molecule has 0 fully saturated rings. The quantitative estimate of drug-likeness (QED) is 0.606. The Hall–Kier alpha value is -0.380. The third kappa shape index (κ3) is 4.22. The van der Waals surface area contributed by atoms with Gasteiger partial charge in [-0.3, -0.25) is 0 Å². The Bertz CT molecular complexity index is 270. The number of allylic oxidation sites excluding steroid dienone is 2. The molecule has 1 unspecified atom stereocenters. The first kappa shape index (κ1) is 11.7. The van der Waals surface area contributed by atoms with E-state index < -0.39 is 15.8 Å². The molecule has 0 bridgehead atoms. The summed E-state index contributed by atoms with van der Waals surface area (Å²) < 4.78 is 3.20. The fraction of sp³-hybridized carbons (Fsp3) is 0.375. The van der Waals surface area contributed by atoms with E-state index in [4.69, 9.17) is 39.5 Å². The predicted octanol–water partition coefficient (Wildman–Crippen LogP) is 1.94. The summed E-state index contributed by atoms with van der Waals surface area (Å²) in [6.45, 7) is -0.258. The van der Waals surface area contributed by atoms with E-state index in [0.717, 1.165) is 0 Å². The molecule has 0 aromatic heterocycles. The van der Waals surface area contributed by atoms with Crippen LogP contribution in [0.4, 0.5) is 0 Å². The van der Waals surface area contributed by atoms with E-state index in [1.54, 1.807) is 24.4 Å². The summed E-state index contributed by atoms with van der Waals surface area (Å²) >= 11 is 16.3. The van der Waals surface area contributed by atoms with Crippen LogP contribution in [0.5, 0.6) is 0 Å². The van der Waals surface area contributed by atoms with Crippen LogP contribution in [0.3, 0.4) is 0 Å². The molecule has 14 heavy (non-hydrogen) atoms. The lowest BCUT2D eigenvalue weighted by molar-refractivity contribution is -0.144. The van der Waals surface area contributed by atoms with Crippen LogP contribution in [0.1, 0.15) is 0 Å². The molecule has 3 nitrogen and oxygen atoms in total. The van der Waals surface area contributed by atoms with Crippen LogP contribution in [0.2, 0.25) is 0 Å². The molecule has 0 saturated carbocycles. The molecule has 0 aliphatic carbocycles. The number of rotatable bonds is 2. The van der Waals surface area contributed by atoms with E-state index in [0.29, 0.717) is 0 Å². The standard InChI is InChI=1S/C8H8Cl3NO2/c9-8(10,11)5-14-7(13)6-3-1-2-4-12-6/h1-4,6,12H,5H2. The Labute approximate surface area is 96.6 Å². The number of esters is 1. The Kier molecular flexibility index (Phi) is 4.11. The van der Waals surface area contributed by atoms with Crippen molar-refractivity contribution in [1.29, 1.82) is 0 Å². The molecule has 1 atom stereocenters. The molecule has 0 saturated heterocycles. The van der Waals surface area contributed by atoms with Gasteiger partial charge in [0, 0.05) is 0 Å². The highest BCUT2D eigenvalue weighted by molar-refractivity contribution is 6.67. The maximum absolute atomic E-state index is 11.3. The van der Waals surface area contributed by atoms with Gasteiger partial charge in [0.15, 0.2) is 0 Å². The van der Waals surface area contributed by atoms with Gasteiger partial charge in [0.2, 0.25) is 3.79 Å². The minimum Gasteiger partial charge on any atom is -0.459 e. The van der Waals surface area contributed by atoms with Gasteiger partial charge >= 0.3 is 5.97 Å². The molecule has 1 aliphatic rings. The smallest absolute Gasteiger partial charge is 0.332 e. The second-order valence-corrected chi connectivity index (χ2v) is 5.13. The van der Waals surface area contributed by atoms with Gasteiger partial charge in [-0.2, -0.15) is 0 Å². The molecule has 0 spiro atoms. The molecule has 6 heteroatoms. The van der Waals surface area contributed by atoms with Crippen molar-refractivity contribution in [2.45, 2.75) is 9.83 Å². The number of carbonyl (C=O) groups excluding carboxylic acids is 1. The van der Waals surface area contributed by atoms with Crippen LogP contribution in [-0.2, 0) is 9.53 Å². The molecule has 0 aromatic rings. The lowest BCUT2D eigenvalue weighted by Gasteiger charge is -2.16. The Morgan fingerprint density at radius 1 is 1.43 bits per heavy atom.